The van der Waals surface area contributed by atoms with Gasteiger partial charge in [-0.2, -0.15) is 0 Å². The highest BCUT2D eigenvalue weighted by Gasteiger charge is 2.23. The van der Waals surface area contributed by atoms with Crippen molar-refractivity contribution in [3.63, 3.8) is 0 Å². The number of hydrogen-bond acceptors (Lipinski definition) is 2. The van der Waals surface area contributed by atoms with Gasteiger partial charge in [0, 0.05) is 29.5 Å². The van der Waals surface area contributed by atoms with Crippen LogP contribution >= 0.6 is 0 Å². The van der Waals surface area contributed by atoms with Crippen LogP contribution in [0.4, 0.5) is 20.2 Å². The molecule has 0 amide bonds. The molecule has 0 spiro atoms. The van der Waals surface area contributed by atoms with Crippen LogP contribution in [0.1, 0.15) is 38.2 Å². The summed E-state index contributed by atoms with van der Waals surface area (Å²) in [4.78, 5) is 2.07. The molecule has 94 valence electrons. The maximum Gasteiger partial charge on any atom is 0.265 e. The van der Waals surface area contributed by atoms with Gasteiger partial charge in [-0.05, 0) is 44.4 Å². The molecular weight excluding hydrogens is 222 g/mol. The van der Waals surface area contributed by atoms with Gasteiger partial charge in [-0.15, -0.1) is 0 Å². The molecule has 1 unspecified atom stereocenters. The van der Waals surface area contributed by atoms with Crippen LogP contribution in [0.2, 0.25) is 0 Å². The first-order valence-electron chi connectivity index (χ1n) is 6.04. The fourth-order valence-corrected chi connectivity index (χ4v) is 2.47. The summed E-state index contributed by atoms with van der Waals surface area (Å²) < 4.78 is 26.0. The Balaban J connectivity index is 2.36. The van der Waals surface area contributed by atoms with Crippen LogP contribution in [0.15, 0.2) is 18.2 Å². The molecule has 1 aromatic carbocycles. The van der Waals surface area contributed by atoms with Crippen LogP contribution in [-0.2, 0) is 0 Å². The van der Waals surface area contributed by atoms with Crippen LogP contribution in [0.3, 0.4) is 0 Å². The number of nitrogens with zero attached hydrogens (tertiary/aromatic N) is 1. The summed E-state index contributed by atoms with van der Waals surface area (Å²) in [5.41, 5.74) is 6.67. The Kier molecular flexibility index (Phi) is 3.50. The number of halogens is 2. The third-order valence-electron chi connectivity index (χ3n) is 3.40. The highest BCUT2D eigenvalue weighted by atomic mass is 19.3. The lowest BCUT2D eigenvalue weighted by atomic mass is 10.0. The first-order chi connectivity index (χ1) is 8.09. The molecule has 1 fully saturated rings. The second-order valence-electron chi connectivity index (χ2n) is 4.66. The summed E-state index contributed by atoms with van der Waals surface area (Å²) in [7, 11) is 0. The zero-order valence-corrected chi connectivity index (χ0v) is 10.00. The van der Waals surface area contributed by atoms with Crippen molar-refractivity contribution in [1.82, 2.24) is 0 Å². The van der Waals surface area contributed by atoms with Gasteiger partial charge in [-0.3, -0.25) is 0 Å². The van der Waals surface area contributed by atoms with Crippen molar-refractivity contribution in [2.45, 2.75) is 38.7 Å². The van der Waals surface area contributed by atoms with Crippen molar-refractivity contribution in [1.29, 1.82) is 0 Å². The normalized spacial score (nSPS) is 20.9. The molecule has 0 aromatic heterocycles. The molecule has 0 radical (unpaired) electrons. The van der Waals surface area contributed by atoms with E-state index in [9.17, 15) is 8.78 Å². The van der Waals surface area contributed by atoms with Crippen LogP contribution in [0, 0.1) is 0 Å². The third kappa shape index (κ3) is 2.51. The molecule has 4 heteroatoms. The maximum atomic E-state index is 13.0. The minimum absolute atomic E-state index is 0.0544. The second kappa shape index (κ2) is 4.90. The van der Waals surface area contributed by atoms with Gasteiger partial charge in [0.15, 0.2) is 0 Å². The highest BCUT2D eigenvalue weighted by Crippen LogP contribution is 2.34. The molecule has 1 aliphatic rings. The maximum absolute atomic E-state index is 13.0. The van der Waals surface area contributed by atoms with E-state index in [1.54, 1.807) is 12.1 Å². The van der Waals surface area contributed by atoms with E-state index in [1.807, 2.05) is 0 Å². The summed E-state index contributed by atoms with van der Waals surface area (Å²) in [6.07, 6.45) is 0.837. The van der Waals surface area contributed by atoms with Crippen molar-refractivity contribution in [3.8, 4) is 0 Å². The zero-order valence-electron chi connectivity index (χ0n) is 10.00. The predicted molar refractivity (Wildman–Crippen MR) is 66.5 cm³/mol. The van der Waals surface area contributed by atoms with E-state index in [4.69, 9.17) is 5.73 Å². The summed E-state index contributed by atoms with van der Waals surface area (Å²) in [6, 6.07) is 5.13. The lowest BCUT2D eigenvalue weighted by Gasteiger charge is -2.36. The molecule has 0 bridgehead atoms. The van der Waals surface area contributed by atoms with Crippen molar-refractivity contribution in [2.24, 2.45) is 0 Å². The molecule has 1 saturated heterocycles. The first kappa shape index (κ1) is 12.1. The van der Waals surface area contributed by atoms with Crippen LogP contribution in [-0.4, -0.2) is 12.6 Å². The van der Waals surface area contributed by atoms with Gasteiger partial charge in [0.25, 0.3) is 6.43 Å². The molecule has 1 aliphatic heterocycles. The fraction of sp³-hybridized carbons (Fsp3) is 0.538. The van der Waals surface area contributed by atoms with Gasteiger partial charge in [0.1, 0.15) is 0 Å². The fourth-order valence-electron chi connectivity index (χ4n) is 2.47. The van der Waals surface area contributed by atoms with E-state index >= 15 is 0 Å². The van der Waals surface area contributed by atoms with E-state index in [1.165, 1.54) is 12.5 Å². The Morgan fingerprint density at radius 3 is 2.76 bits per heavy atom. The molecule has 17 heavy (non-hydrogen) atoms. The van der Waals surface area contributed by atoms with Crippen molar-refractivity contribution < 1.29 is 8.78 Å². The molecule has 2 rings (SSSR count). The van der Waals surface area contributed by atoms with Gasteiger partial charge >= 0.3 is 0 Å². The molecule has 2 N–H and O–H groups in total. The highest BCUT2D eigenvalue weighted by molar-refractivity contribution is 5.60. The summed E-state index contributed by atoms with van der Waals surface area (Å²) in [5, 5.41) is 0. The Morgan fingerprint density at radius 1 is 1.35 bits per heavy atom. The average Bonchev–Trinajstić information content (AvgIpc) is 2.30. The standard InChI is InChI=1S/C13H18F2N2/c1-9-4-2-3-7-17(9)12-6-5-10(16)8-11(12)13(14)15/h5-6,8-9,13H,2-4,7,16H2,1H3. The Labute approximate surface area is 100 Å². The SMILES string of the molecule is CC1CCCCN1c1ccc(N)cc1C(F)F. The number of benzene rings is 1. The number of alkyl halides is 2. The van der Waals surface area contributed by atoms with E-state index in [-0.39, 0.29) is 5.56 Å². The van der Waals surface area contributed by atoms with E-state index < -0.39 is 6.43 Å². The average molecular weight is 240 g/mol. The van der Waals surface area contributed by atoms with Crippen LogP contribution in [0.5, 0.6) is 0 Å². The van der Waals surface area contributed by atoms with Crippen molar-refractivity contribution >= 4 is 11.4 Å². The Bertz CT molecular complexity index is 393. The summed E-state index contributed by atoms with van der Waals surface area (Å²) in [6.45, 7) is 2.94. The number of rotatable bonds is 2. The summed E-state index contributed by atoms with van der Waals surface area (Å²) >= 11 is 0. The van der Waals surface area contributed by atoms with Crippen LogP contribution in [0.25, 0.3) is 0 Å². The molecular formula is C13H18F2N2. The van der Waals surface area contributed by atoms with E-state index in [2.05, 4.69) is 11.8 Å². The topological polar surface area (TPSA) is 29.3 Å². The number of piperidine rings is 1. The zero-order chi connectivity index (χ0) is 12.4. The minimum atomic E-state index is -2.47. The Morgan fingerprint density at radius 2 is 2.12 bits per heavy atom. The smallest absolute Gasteiger partial charge is 0.265 e. The quantitative estimate of drug-likeness (QED) is 0.800. The molecule has 0 aliphatic carbocycles. The van der Waals surface area contributed by atoms with Gasteiger partial charge in [-0.1, -0.05) is 0 Å². The number of anilines is 2. The minimum Gasteiger partial charge on any atom is -0.399 e. The number of nitrogen functional groups attached to an aromatic ring is 1. The molecule has 1 aromatic rings. The monoisotopic (exact) mass is 240 g/mol. The molecule has 1 atom stereocenters. The largest absolute Gasteiger partial charge is 0.399 e. The van der Waals surface area contributed by atoms with Crippen LogP contribution < -0.4 is 10.6 Å². The lowest BCUT2D eigenvalue weighted by Crippen LogP contribution is -2.38. The summed E-state index contributed by atoms with van der Waals surface area (Å²) in [5.74, 6) is 0. The molecule has 2 nitrogen and oxygen atoms in total. The third-order valence-corrected chi connectivity index (χ3v) is 3.40. The predicted octanol–water partition coefficient (Wildman–Crippen LogP) is 3.59. The lowest BCUT2D eigenvalue weighted by molar-refractivity contribution is 0.151. The second-order valence-corrected chi connectivity index (χ2v) is 4.66. The molecule has 0 saturated carbocycles. The van der Waals surface area contributed by atoms with E-state index in [0.29, 0.717) is 17.4 Å². The van der Waals surface area contributed by atoms with Gasteiger partial charge in [0.05, 0.1) is 0 Å². The first-order valence-corrected chi connectivity index (χ1v) is 6.04. The number of hydrogen-bond donors (Lipinski definition) is 1. The number of nitrogens with two attached hydrogens (primary N) is 1. The molecule has 1 heterocycles. The van der Waals surface area contributed by atoms with Gasteiger partial charge in [-0.25, -0.2) is 8.78 Å². The van der Waals surface area contributed by atoms with Crippen molar-refractivity contribution in [3.05, 3.63) is 23.8 Å². The van der Waals surface area contributed by atoms with Gasteiger partial charge < -0.3 is 10.6 Å². The van der Waals surface area contributed by atoms with Crippen molar-refractivity contribution in [2.75, 3.05) is 17.2 Å². The Hall–Kier alpha value is -1.32. The van der Waals surface area contributed by atoms with Gasteiger partial charge in [0.2, 0.25) is 0 Å². The van der Waals surface area contributed by atoms with E-state index in [0.717, 1.165) is 19.4 Å².